The number of para-hydroxylation sites is 1. The van der Waals surface area contributed by atoms with Gasteiger partial charge in [-0.3, -0.25) is 0 Å². The molecule has 0 saturated heterocycles. The Kier molecular flexibility index (Phi) is 2.96. The number of fused-ring (bicyclic) bond motifs is 4. The van der Waals surface area contributed by atoms with E-state index in [-0.39, 0.29) is 11.9 Å². The van der Waals surface area contributed by atoms with E-state index in [1.54, 1.807) is 0 Å². The fraction of sp³-hybridized carbons (Fsp3) is 0.438. The molecule has 2 heterocycles. The van der Waals surface area contributed by atoms with E-state index in [4.69, 9.17) is 9.47 Å². The SMILES string of the molecule is CCOC(=O)C1=C(C)N[C@@]2(C)C[C@@H]1c1ccccc1O2. The lowest BCUT2D eigenvalue weighted by molar-refractivity contribution is -0.139. The predicted molar refractivity (Wildman–Crippen MR) is 75.3 cm³/mol. The van der Waals surface area contributed by atoms with Crippen molar-refractivity contribution < 1.29 is 14.3 Å². The second kappa shape index (κ2) is 4.54. The van der Waals surface area contributed by atoms with Crippen molar-refractivity contribution in [1.82, 2.24) is 5.32 Å². The molecule has 4 nitrogen and oxygen atoms in total. The molecule has 1 aromatic carbocycles. The fourth-order valence-corrected chi connectivity index (χ4v) is 3.21. The van der Waals surface area contributed by atoms with E-state index in [9.17, 15) is 4.79 Å². The monoisotopic (exact) mass is 273 g/mol. The average Bonchev–Trinajstić information content (AvgIpc) is 2.37. The molecule has 1 N–H and O–H groups in total. The lowest BCUT2D eigenvalue weighted by Crippen LogP contribution is -2.54. The smallest absolute Gasteiger partial charge is 0.336 e. The molecule has 0 unspecified atom stereocenters. The Morgan fingerprint density at radius 2 is 2.25 bits per heavy atom. The van der Waals surface area contributed by atoms with Crippen LogP contribution in [0.2, 0.25) is 0 Å². The highest BCUT2D eigenvalue weighted by molar-refractivity contribution is 5.91. The summed E-state index contributed by atoms with van der Waals surface area (Å²) in [5.41, 5.74) is 2.17. The zero-order valence-corrected chi connectivity index (χ0v) is 12.0. The molecule has 0 aliphatic carbocycles. The standard InChI is InChI=1S/C16H19NO3/c1-4-19-15(18)14-10(2)17-16(3)9-12(14)11-7-5-6-8-13(11)20-16/h5-8,12,17H,4,9H2,1-3H3/t12-,16-/m1/s1. The molecular formula is C16H19NO3. The van der Waals surface area contributed by atoms with Gasteiger partial charge in [0.25, 0.3) is 0 Å². The molecule has 1 aromatic rings. The first kappa shape index (κ1) is 13.0. The largest absolute Gasteiger partial charge is 0.468 e. The molecule has 20 heavy (non-hydrogen) atoms. The predicted octanol–water partition coefficient (Wildman–Crippen LogP) is 2.71. The molecule has 0 amide bonds. The summed E-state index contributed by atoms with van der Waals surface area (Å²) in [5, 5.41) is 3.31. The van der Waals surface area contributed by atoms with Crippen molar-refractivity contribution in [3.8, 4) is 5.75 Å². The van der Waals surface area contributed by atoms with Crippen LogP contribution in [0.25, 0.3) is 0 Å². The minimum atomic E-state index is -0.459. The summed E-state index contributed by atoms with van der Waals surface area (Å²) in [6.45, 7) is 6.14. The summed E-state index contributed by atoms with van der Waals surface area (Å²) in [7, 11) is 0. The summed E-state index contributed by atoms with van der Waals surface area (Å²) < 4.78 is 11.3. The third kappa shape index (κ3) is 1.96. The molecule has 0 saturated carbocycles. The Hall–Kier alpha value is -1.97. The summed E-state index contributed by atoms with van der Waals surface area (Å²) in [4.78, 5) is 12.3. The third-order valence-electron chi connectivity index (χ3n) is 3.92. The number of ether oxygens (including phenoxy) is 2. The molecule has 2 atom stereocenters. The van der Waals surface area contributed by atoms with Gasteiger partial charge in [0.15, 0.2) is 5.72 Å². The second-order valence-corrected chi connectivity index (χ2v) is 5.51. The number of carbonyl (C=O) groups is 1. The van der Waals surface area contributed by atoms with E-state index in [0.29, 0.717) is 6.61 Å². The lowest BCUT2D eigenvalue weighted by atomic mass is 9.78. The third-order valence-corrected chi connectivity index (χ3v) is 3.92. The molecule has 2 bridgehead atoms. The summed E-state index contributed by atoms with van der Waals surface area (Å²) in [6, 6.07) is 7.90. The second-order valence-electron chi connectivity index (χ2n) is 5.51. The van der Waals surface area contributed by atoms with Crippen molar-refractivity contribution in [2.45, 2.75) is 38.8 Å². The van der Waals surface area contributed by atoms with Crippen LogP contribution in [0.5, 0.6) is 5.75 Å². The van der Waals surface area contributed by atoms with E-state index in [1.807, 2.05) is 45.0 Å². The van der Waals surface area contributed by atoms with Crippen molar-refractivity contribution in [2.24, 2.45) is 0 Å². The van der Waals surface area contributed by atoms with E-state index >= 15 is 0 Å². The minimum absolute atomic E-state index is 0.0326. The summed E-state index contributed by atoms with van der Waals surface area (Å²) >= 11 is 0. The van der Waals surface area contributed by atoms with Gasteiger partial charge in [0.1, 0.15) is 5.75 Å². The van der Waals surface area contributed by atoms with Crippen LogP contribution in [0, 0.1) is 0 Å². The Bertz CT molecular complexity index is 593. The highest BCUT2D eigenvalue weighted by atomic mass is 16.5. The first-order chi connectivity index (χ1) is 9.54. The Morgan fingerprint density at radius 3 is 3.00 bits per heavy atom. The van der Waals surface area contributed by atoms with Crippen molar-refractivity contribution in [3.63, 3.8) is 0 Å². The molecule has 3 rings (SSSR count). The first-order valence-electron chi connectivity index (χ1n) is 6.98. The zero-order valence-electron chi connectivity index (χ0n) is 12.0. The van der Waals surface area contributed by atoms with Gasteiger partial charge >= 0.3 is 5.97 Å². The van der Waals surface area contributed by atoms with E-state index in [0.717, 1.165) is 29.0 Å². The van der Waals surface area contributed by atoms with Crippen LogP contribution in [-0.4, -0.2) is 18.3 Å². The van der Waals surface area contributed by atoms with Crippen molar-refractivity contribution in [3.05, 3.63) is 41.1 Å². The van der Waals surface area contributed by atoms with Crippen molar-refractivity contribution in [2.75, 3.05) is 6.61 Å². The number of benzene rings is 1. The van der Waals surface area contributed by atoms with Crippen LogP contribution in [-0.2, 0) is 9.53 Å². The van der Waals surface area contributed by atoms with Gasteiger partial charge < -0.3 is 14.8 Å². The van der Waals surface area contributed by atoms with Crippen LogP contribution in [0.15, 0.2) is 35.5 Å². The number of nitrogens with one attached hydrogen (secondary N) is 1. The maximum atomic E-state index is 12.3. The van der Waals surface area contributed by atoms with Gasteiger partial charge in [0.2, 0.25) is 0 Å². The van der Waals surface area contributed by atoms with Gasteiger partial charge in [-0.25, -0.2) is 4.79 Å². The Balaban J connectivity index is 2.10. The van der Waals surface area contributed by atoms with Crippen molar-refractivity contribution in [1.29, 1.82) is 0 Å². The molecular weight excluding hydrogens is 254 g/mol. The van der Waals surface area contributed by atoms with Gasteiger partial charge in [-0.1, -0.05) is 18.2 Å². The van der Waals surface area contributed by atoms with Gasteiger partial charge in [0.05, 0.1) is 12.2 Å². The molecule has 106 valence electrons. The fourth-order valence-electron chi connectivity index (χ4n) is 3.21. The first-order valence-corrected chi connectivity index (χ1v) is 6.98. The maximum absolute atomic E-state index is 12.3. The number of hydrogen-bond donors (Lipinski definition) is 1. The van der Waals surface area contributed by atoms with E-state index in [1.165, 1.54) is 0 Å². The van der Waals surface area contributed by atoms with Gasteiger partial charge in [-0.2, -0.15) is 0 Å². The van der Waals surface area contributed by atoms with Crippen molar-refractivity contribution >= 4 is 5.97 Å². The highest BCUT2D eigenvalue weighted by Crippen LogP contribution is 2.47. The highest BCUT2D eigenvalue weighted by Gasteiger charge is 2.45. The topological polar surface area (TPSA) is 47.6 Å². The van der Waals surface area contributed by atoms with Gasteiger partial charge in [-0.15, -0.1) is 0 Å². The molecule has 0 fully saturated rings. The molecule has 2 aliphatic rings. The maximum Gasteiger partial charge on any atom is 0.336 e. The number of rotatable bonds is 2. The van der Waals surface area contributed by atoms with Crippen LogP contribution in [0.1, 0.15) is 38.7 Å². The van der Waals surface area contributed by atoms with Gasteiger partial charge in [0, 0.05) is 23.6 Å². The van der Waals surface area contributed by atoms with E-state index < -0.39 is 5.72 Å². The lowest BCUT2D eigenvalue weighted by Gasteiger charge is -2.45. The molecule has 0 radical (unpaired) electrons. The normalized spacial score (nSPS) is 27.2. The summed E-state index contributed by atoms with van der Waals surface area (Å²) in [5.74, 6) is 0.638. The quantitative estimate of drug-likeness (QED) is 0.842. The molecule has 0 spiro atoms. The summed E-state index contributed by atoms with van der Waals surface area (Å²) in [6.07, 6.45) is 0.732. The molecule has 2 aliphatic heterocycles. The number of carbonyl (C=O) groups excluding carboxylic acids is 1. The number of allylic oxidation sites excluding steroid dienone is 1. The van der Waals surface area contributed by atoms with Gasteiger partial charge in [-0.05, 0) is 26.8 Å². The van der Waals surface area contributed by atoms with Crippen LogP contribution in [0.4, 0.5) is 0 Å². The van der Waals surface area contributed by atoms with Crippen LogP contribution < -0.4 is 10.1 Å². The number of esters is 1. The number of hydrogen-bond acceptors (Lipinski definition) is 4. The van der Waals surface area contributed by atoms with Crippen LogP contribution >= 0.6 is 0 Å². The zero-order chi connectivity index (χ0) is 14.3. The Labute approximate surface area is 118 Å². The molecule has 4 heteroatoms. The van der Waals surface area contributed by atoms with Crippen LogP contribution in [0.3, 0.4) is 0 Å². The average molecular weight is 273 g/mol. The minimum Gasteiger partial charge on any atom is -0.468 e. The van der Waals surface area contributed by atoms with E-state index in [2.05, 4.69) is 5.32 Å². The molecule has 0 aromatic heterocycles. The Morgan fingerprint density at radius 1 is 1.50 bits per heavy atom.